The average Bonchev–Trinajstić information content (AvgIpc) is 3.13. The van der Waals surface area contributed by atoms with Gasteiger partial charge in [-0.1, -0.05) is 37.6 Å². The third-order valence-electron chi connectivity index (χ3n) is 6.25. The zero-order valence-corrected chi connectivity index (χ0v) is 19.4. The van der Waals surface area contributed by atoms with Gasteiger partial charge in [0.1, 0.15) is 11.4 Å². The van der Waals surface area contributed by atoms with Crippen LogP contribution in [0.4, 0.5) is 11.8 Å². The number of hydrogen-bond acceptors (Lipinski definition) is 7. The molecule has 0 amide bonds. The van der Waals surface area contributed by atoms with E-state index in [2.05, 4.69) is 10.2 Å². The molecule has 0 saturated carbocycles. The average molecular weight is 465 g/mol. The topological polar surface area (TPSA) is 105 Å². The summed E-state index contributed by atoms with van der Waals surface area (Å²) in [6, 6.07) is 7.18. The summed E-state index contributed by atoms with van der Waals surface area (Å²) >= 11 is 4.85. The second-order valence-corrected chi connectivity index (χ2v) is 10.6. The Morgan fingerprint density at radius 3 is 2.52 bits per heavy atom. The Balaban J connectivity index is 1.56. The number of nitrogens with one attached hydrogen (secondary N) is 1. The van der Waals surface area contributed by atoms with Gasteiger partial charge in [-0.3, -0.25) is 0 Å². The van der Waals surface area contributed by atoms with Crippen molar-refractivity contribution in [2.75, 3.05) is 35.7 Å². The SMILES string of the molecule is CC(C)[C@H](CO)Nc1nc(N2CCC(O)(c3ccc(Cl)cc3)CC2)nc2c1[S+]([O-])CC2. The number of aryl methyl sites for hydroxylation is 1. The van der Waals surface area contributed by atoms with Crippen LogP contribution in [0.1, 0.15) is 37.9 Å². The van der Waals surface area contributed by atoms with Crippen molar-refractivity contribution in [1.82, 2.24) is 9.97 Å². The van der Waals surface area contributed by atoms with E-state index in [0.717, 1.165) is 11.3 Å². The normalized spacial score (nSPS) is 21.3. The predicted molar refractivity (Wildman–Crippen MR) is 123 cm³/mol. The second kappa shape index (κ2) is 9.11. The van der Waals surface area contributed by atoms with Gasteiger partial charge in [-0.05, 0) is 47.6 Å². The predicted octanol–water partition coefficient (Wildman–Crippen LogP) is 2.71. The third kappa shape index (κ3) is 4.64. The van der Waals surface area contributed by atoms with Crippen LogP contribution in [0.3, 0.4) is 0 Å². The Bertz CT molecular complexity index is 920. The molecule has 1 fully saturated rings. The Labute approximate surface area is 191 Å². The molecule has 1 aromatic heterocycles. The maximum atomic E-state index is 12.6. The molecule has 1 unspecified atom stereocenters. The van der Waals surface area contributed by atoms with Crippen molar-refractivity contribution >= 4 is 34.5 Å². The van der Waals surface area contributed by atoms with Crippen molar-refractivity contribution in [3.8, 4) is 0 Å². The molecule has 3 heterocycles. The summed E-state index contributed by atoms with van der Waals surface area (Å²) in [5, 5.41) is 24.9. The molecule has 0 aliphatic carbocycles. The van der Waals surface area contributed by atoms with E-state index in [1.807, 2.05) is 26.0 Å². The van der Waals surface area contributed by atoms with Gasteiger partial charge in [0.25, 0.3) is 0 Å². The molecule has 4 rings (SSSR count). The third-order valence-corrected chi connectivity index (χ3v) is 7.97. The summed E-state index contributed by atoms with van der Waals surface area (Å²) in [5.41, 5.74) is 0.775. The maximum Gasteiger partial charge on any atom is 0.227 e. The number of fused-ring (bicyclic) bond motifs is 1. The molecule has 0 radical (unpaired) electrons. The van der Waals surface area contributed by atoms with Gasteiger partial charge in [0.05, 0.1) is 18.2 Å². The number of piperidine rings is 1. The maximum absolute atomic E-state index is 12.6. The van der Waals surface area contributed by atoms with Crippen molar-refractivity contribution in [1.29, 1.82) is 0 Å². The highest BCUT2D eigenvalue weighted by atomic mass is 35.5. The van der Waals surface area contributed by atoms with Crippen LogP contribution in [0.15, 0.2) is 29.2 Å². The molecule has 2 aromatic rings. The van der Waals surface area contributed by atoms with E-state index in [1.54, 1.807) is 12.1 Å². The number of rotatable bonds is 6. The van der Waals surface area contributed by atoms with Gasteiger partial charge < -0.3 is 25.0 Å². The fraction of sp³-hybridized carbons (Fsp3) is 0.545. The van der Waals surface area contributed by atoms with Crippen LogP contribution in [0, 0.1) is 5.92 Å². The van der Waals surface area contributed by atoms with Gasteiger partial charge >= 0.3 is 0 Å². The minimum Gasteiger partial charge on any atom is -0.611 e. The molecular formula is C22H29ClN4O3S. The molecule has 2 atom stereocenters. The van der Waals surface area contributed by atoms with Gasteiger partial charge in [0, 0.05) is 24.5 Å². The zero-order chi connectivity index (χ0) is 22.2. The van der Waals surface area contributed by atoms with E-state index in [1.165, 1.54) is 0 Å². The highest BCUT2D eigenvalue weighted by Gasteiger charge is 2.37. The lowest BCUT2D eigenvalue weighted by Crippen LogP contribution is -2.43. The minimum atomic E-state index is -1.13. The van der Waals surface area contributed by atoms with Crippen molar-refractivity contribution in [3.05, 3.63) is 40.5 Å². The van der Waals surface area contributed by atoms with Crippen LogP contribution in [0.2, 0.25) is 5.02 Å². The molecule has 0 spiro atoms. The van der Waals surface area contributed by atoms with E-state index in [9.17, 15) is 14.8 Å². The smallest absolute Gasteiger partial charge is 0.227 e. The van der Waals surface area contributed by atoms with Crippen molar-refractivity contribution in [2.45, 2.75) is 49.6 Å². The van der Waals surface area contributed by atoms with Crippen LogP contribution in [-0.2, 0) is 23.2 Å². The molecule has 31 heavy (non-hydrogen) atoms. The van der Waals surface area contributed by atoms with Crippen molar-refractivity contribution in [2.24, 2.45) is 5.92 Å². The molecule has 1 saturated heterocycles. The molecule has 2 aliphatic heterocycles. The highest BCUT2D eigenvalue weighted by Crippen LogP contribution is 2.37. The standard InChI is InChI=1S/C22H29ClN4O3S/c1-14(2)18(13-28)24-20-19-17(7-12-31(19)30)25-21(26-20)27-10-8-22(29,9-11-27)15-3-5-16(23)6-4-15/h3-6,14,18,28-29H,7-13H2,1-2H3,(H,24,25,26)/t18-,31?/m0/s1. The molecular weight excluding hydrogens is 436 g/mol. The number of aliphatic hydroxyl groups is 2. The number of anilines is 2. The van der Waals surface area contributed by atoms with Gasteiger partial charge in [-0.2, -0.15) is 4.98 Å². The summed E-state index contributed by atoms with van der Waals surface area (Å²) in [7, 11) is 0. The Morgan fingerprint density at radius 2 is 1.90 bits per heavy atom. The molecule has 0 bridgehead atoms. The lowest BCUT2D eigenvalue weighted by molar-refractivity contribution is 0.0115. The van der Waals surface area contributed by atoms with Crippen LogP contribution in [0.5, 0.6) is 0 Å². The number of aromatic nitrogens is 2. The summed E-state index contributed by atoms with van der Waals surface area (Å²) < 4.78 is 12.6. The number of halogens is 1. The van der Waals surface area contributed by atoms with Gasteiger partial charge in [-0.15, -0.1) is 0 Å². The number of benzene rings is 1. The van der Waals surface area contributed by atoms with Gasteiger partial charge in [-0.25, -0.2) is 4.98 Å². The van der Waals surface area contributed by atoms with Crippen LogP contribution >= 0.6 is 11.6 Å². The first-order chi connectivity index (χ1) is 14.8. The Kier molecular flexibility index (Phi) is 6.65. The fourth-order valence-electron chi connectivity index (χ4n) is 4.15. The van der Waals surface area contributed by atoms with Crippen molar-refractivity contribution < 1.29 is 14.8 Å². The Hall–Kier alpha value is -1.58. The first kappa shape index (κ1) is 22.6. The van der Waals surface area contributed by atoms with Gasteiger partial charge in [0.2, 0.25) is 10.8 Å². The summed E-state index contributed by atoms with van der Waals surface area (Å²) in [6.07, 6.45) is 1.75. The van der Waals surface area contributed by atoms with E-state index >= 15 is 0 Å². The zero-order valence-electron chi connectivity index (χ0n) is 17.8. The van der Waals surface area contributed by atoms with Gasteiger partial charge in [0.15, 0.2) is 5.82 Å². The second-order valence-electron chi connectivity index (χ2n) is 8.65. The van der Waals surface area contributed by atoms with E-state index < -0.39 is 16.8 Å². The lowest BCUT2D eigenvalue weighted by Gasteiger charge is -2.38. The first-order valence-electron chi connectivity index (χ1n) is 10.7. The first-order valence-corrected chi connectivity index (χ1v) is 12.4. The molecule has 168 valence electrons. The molecule has 7 nitrogen and oxygen atoms in total. The van der Waals surface area contributed by atoms with Crippen molar-refractivity contribution in [3.63, 3.8) is 0 Å². The summed E-state index contributed by atoms with van der Waals surface area (Å²) in [6.45, 7) is 5.23. The van der Waals surface area contributed by atoms with Crippen LogP contribution in [-0.4, -0.2) is 56.2 Å². The van der Waals surface area contributed by atoms with Crippen LogP contribution in [0.25, 0.3) is 0 Å². The molecule has 3 N–H and O–H groups in total. The molecule has 2 aliphatic rings. The number of aliphatic hydroxyl groups excluding tert-OH is 1. The van der Waals surface area contributed by atoms with E-state index in [0.29, 0.717) is 59.8 Å². The molecule has 9 heteroatoms. The number of hydrogen-bond donors (Lipinski definition) is 3. The summed E-state index contributed by atoms with van der Waals surface area (Å²) in [5.74, 6) is 1.88. The lowest BCUT2D eigenvalue weighted by atomic mass is 9.84. The Morgan fingerprint density at radius 1 is 1.23 bits per heavy atom. The summed E-state index contributed by atoms with van der Waals surface area (Å²) in [4.78, 5) is 12.2. The quantitative estimate of drug-likeness (QED) is 0.564. The van der Waals surface area contributed by atoms with E-state index in [4.69, 9.17) is 21.6 Å². The molecule has 1 aromatic carbocycles. The number of nitrogens with zero attached hydrogens (tertiary/aromatic N) is 3. The highest BCUT2D eigenvalue weighted by molar-refractivity contribution is 7.91. The van der Waals surface area contributed by atoms with Crippen LogP contribution < -0.4 is 10.2 Å². The minimum absolute atomic E-state index is 0.0315. The monoisotopic (exact) mass is 464 g/mol. The fourth-order valence-corrected chi connectivity index (χ4v) is 5.59. The largest absolute Gasteiger partial charge is 0.611 e. The van der Waals surface area contributed by atoms with E-state index in [-0.39, 0.29) is 18.6 Å².